The van der Waals surface area contributed by atoms with Gasteiger partial charge in [0.05, 0.1) is 32.3 Å². The number of hydrogen-bond acceptors (Lipinski definition) is 5. The van der Waals surface area contributed by atoms with Crippen molar-refractivity contribution in [3.8, 4) is 5.75 Å². The molecular weight excluding hydrogens is 347 g/mol. The summed E-state index contributed by atoms with van der Waals surface area (Å²) in [5.41, 5.74) is 0.321. The first kappa shape index (κ1) is 19.0. The number of carboxylic acid groups (broad SMARTS) is 1. The zero-order valence-corrected chi connectivity index (χ0v) is 12.9. The maximum Gasteiger partial charge on any atom is 0.573 e. The fraction of sp³-hybridized carbons (Fsp3) is 0.467. The number of halogens is 3. The number of ether oxygens (including phenoxy) is 3. The van der Waals surface area contributed by atoms with E-state index in [4.69, 9.17) is 14.6 Å². The molecule has 2 unspecified atom stereocenters. The molecule has 0 bridgehead atoms. The number of amides is 1. The number of rotatable bonds is 6. The van der Waals surface area contributed by atoms with Crippen LogP contribution < -0.4 is 10.1 Å². The summed E-state index contributed by atoms with van der Waals surface area (Å²) in [6.07, 6.45) is -6.13. The highest BCUT2D eigenvalue weighted by Crippen LogP contribution is 2.25. The fourth-order valence-electron chi connectivity index (χ4n) is 2.23. The molecule has 0 aromatic heterocycles. The molecule has 2 N–H and O–H groups in total. The van der Waals surface area contributed by atoms with E-state index in [1.807, 2.05) is 0 Å². The lowest BCUT2D eigenvalue weighted by Crippen LogP contribution is -2.44. The molecule has 1 aromatic carbocycles. The Morgan fingerprint density at radius 2 is 1.96 bits per heavy atom. The normalized spacial score (nSPS) is 19.1. The van der Waals surface area contributed by atoms with Crippen LogP contribution in [0.5, 0.6) is 5.75 Å². The quantitative estimate of drug-likeness (QED) is 0.798. The number of aliphatic carboxylic acids is 1. The number of carboxylic acids is 1. The van der Waals surface area contributed by atoms with E-state index in [1.165, 1.54) is 12.1 Å². The summed E-state index contributed by atoms with van der Waals surface area (Å²) in [7, 11) is 0. The molecule has 10 heteroatoms. The third-order valence-electron chi connectivity index (χ3n) is 3.32. The molecule has 0 spiro atoms. The second-order valence-corrected chi connectivity index (χ2v) is 5.21. The number of benzene rings is 1. The Labute approximate surface area is 140 Å². The number of carbonyl (C=O) groups is 2. The number of alkyl halides is 3. The van der Waals surface area contributed by atoms with Gasteiger partial charge in [-0.25, -0.2) is 0 Å². The Morgan fingerprint density at radius 3 is 2.48 bits per heavy atom. The van der Waals surface area contributed by atoms with Crippen LogP contribution in [0, 0.1) is 0 Å². The van der Waals surface area contributed by atoms with Crippen LogP contribution in [0.3, 0.4) is 0 Å². The minimum atomic E-state index is -4.82. The number of carbonyl (C=O) groups excluding carboxylic acids is 1. The van der Waals surface area contributed by atoms with Gasteiger partial charge in [-0.3, -0.25) is 9.59 Å². The molecule has 1 amide bonds. The summed E-state index contributed by atoms with van der Waals surface area (Å²) in [5, 5.41) is 11.5. The average Bonchev–Trinajstić information content (AvgIpc) is 2.54. The summed E-state index contributed by atoms with van der Waals surface area (Å²) in [6.45, 7) is 0.651. The van der Waals surface area contributed by atoms with E-state index >= 15 is 0 Å². The Kier molecular flexibility index (Phi) is 6.21. The molecule has 1 heterocycles. The molecule has 0 radical (unpaired) electrons. The molecule has 7 nitrogen and oxygen atoms in total. The van der Waals surface area contributed by atoms with Crippen LogP contribution in [0.1, 0.15) is 18.0 Å². The molecule has 138 valence electrons. The lowest BCUT2D eigenvalue weighted by Gasteiger charge is -2.25. The second kappa shape index (κ2) is 8.17. The van der Waals surface area contributed by atoms with E-state index in [0.29, 0.717) is 12.2 Å². The van der Waals surface area contributed by atoms with Gasteiger partial charge in [-0.15, -0.1) is 13.2 Å². The van der Waals surface area contributed by atoms with Gasteiger partial charge in [-0.05, 0) is 17.7 Å². The fourth-order valence-corrected chi connectivity index (χ4v) is 2.23. The standard InChI is InChI=1S/C15H16F3NO6/c16-15(17,18)25-10-3-1-9(2-4-10)11(7-13(20)21)19-14(22)12-8-23-5-6-24-12/h1-4,11-12H,5-8H2,(H,19,22)(H,20,21). The maximum atomic E-state index is 12.2. The number of hydrogen-bond donors (Lipinski definition) is 2. The first-order chi connectivity index (χ1) is 11.7. The van der Waals surface area contributed by atoms with Gasteiger partial charge in [0.2, 0.25) is 0 Å². The highest BCUT2D eigenvalue weighted by molar-refractivity contribution is 5.82. The van der Waals surface area contributed by atoms with Gasteiger partial charge >= 0.3 is 12.3 Å². The summed E-state index contributed by atoms with van der Waals surface area (Å²) in [4.78, 5) is 23.2. The summed E-state index contributed by atoms with van der Waals surface area (Å²) < 4.78 is 50.6. The molecule has 1 fully saturated rings. The van der Waals surface area contributed by atoms with Crippen molar-refractivity contribution in [2.24, 2.45) is 0 Å². The second-order valence-electron chi connectivity index (χ2n) is 5.21. The van der Waals surface area contributed by atoms with Gasteiger partial charge in [-0.1, -0.05) is 12.1 Å². The third-order valence-corrected chi connectivity index (χ3v) is 3.32. The SMILES string of the molecule is O=C(O)CC(NC(=O)C1COCCO1)c1ccc(OC(F)(F)F)cc1. The Bertz CT molecular complexity index is 598. The van der Waals surface area contributed by atoms with Crippen molar-refractivity contribution >= 4 is 11.9 Å². The van der Waals surface area contributed by atoms with Crippen LogP contribution >= 0.6 is 0 Å². The Morgan fingerprint density at radius 1 is 1.28 bits per heavy atom. The smallest absolute Gasteiger partial charge is 0.481 e. The van der Waals surface area contributed by atoms with Crippen LogP contribution in [-0.2, 0) is 19.1 Å². The van der Waals surface area contributed by atoms with Gasteiger partial charge in [0.1, 0.15) is 5.75 Å². The molecule has 1 saturated heterocycles. The van der Waals surface area contributed by atoms with E-state index < -0.39 is 42.6 Å². The van der Waals surface area contributed by atoms with E-state index in [2.05, 4.69) is 10.1 Å². The van der Waals surface area contributed by atoms with Gasteiger partial charge in [0.15, 0.2) is 6.10 Å². The van der Waals surface area contributed by atoms with Crippen molar-refractivity contribution in [1.29, 1.82) is 0 Å². The minimum Gasteiger partial charge on any atom is -0.481 e. The summed E-state index contributed by atoms with van der Waals surface area (Å²) in [5.74, 6) is -2.18. The molecule has 2 rings (SSSR count). The zero-order chi connectivity index (χ0) is 18.4. The molecule has 1 aromatic rings. The molecule has 1 aliphatic heterocycles. The predicted octanol–water partition coefficient (Wildman–Crippen LogP) is 1.63. The van der Waals surface area contributed by atoms with E-state index in [1.54, 1.807) is 0 Å². The van der Waals surface area contributed by atoms with Crippen LogP contribution in [0.15, 0.2) is 24.3 Å². The lowest BCUT2D eigenvalue weighted by atomic mass is 10.0. The first-order valence-corrected chi connectivity index (χ1v) is 7.32. The van der Waals surface area contributed by atoms with Gasteiger partial charge in [0, 0.05) is 0 Å². The molecule has 1 aliphatic rings. The average molecular weight is 363 g/mol. The summed E-state index contributed by atoms with van der Waals surface area (Å²) in [6, 6.07) is 3.67. The summed E-state index contributed by atoms with van der Waals surface area (Å²) >= 11 is 0. The van der Waals surface area contributed by atoms with Gasteiger partial charge in [0.25, 0.3) is 5.91 Å². The third kappa shape index (κ3) is 6.24. The Hall–Kier alpha value is -2.33. The van der Waals surface area contributed by atoms with Crippen LogP contribution in [0.2, 0.25) is 0 Å². The van der Waals surface area contributed by atoms with Crippen molar-refractivity contribution in [3.63, 3.8) is 0 Å². The molecule has 25 heavy (non-hydrogen) atoms. The molecule has 0 aliphatic carbocycles. The molecule has 2 atom stereocenters. The number of nitrogens with one attached hydrogen (secondary N) is 1. The molecular formula is C15H16F3NO6. The molecule has 0 saturated carbocycles. The highest BCUT2D eigenvalue weighted by atomic mass is 19.4. The van der Waals surface area contributed by atoms with E-state index in [0.717, 1.165) is 12.1 Å². The topological polar surface area (TPSA) is 94.1 Å². The van der Waals surface area contributed by atoms with Crippen LogP contribution in [0.25, 0.3) is 0 Å². The lowest BCUT2D eigenvalue weighted by molar-refractivity contribution is -0.274. The minimum absolute atomic E-state index is 0.0456. The predicted molar refractivity (Wildman–Crippen MR) is 76.8 cm³/mol. The van der Waals surface area contributed by atoms with Gasteiger partial charge in [-0.2, -0.15) is 0 Å². The van der Waals surface area contributed by atoms with Crippen molar-refractivity contribution in [1.82, 2.24) is 5.32 Å². The monoisotopic (exact) mass is 363 g/mol. The maximum absolute atomic E-state index is 12.2. The van der Waals surface area contributed by atoms with Crippen LogP contribution in [0.4, 0.5) is 13.2 Å². The largest absolute Gasteiger partial charge is 0.573 e. The van der Waals surface area contributed by atoms with Gasteiger partial charge < -0.3 is 24.6 Å². The van der Waals surface area contributed by atoms with Crippen LogP contribution in [-0.4, -0.2) is 49.3 Å². The zero-order valence-electron chi connectivity index (χ0n) is 12.9. The van der Waals surface area contributed by atoms with Crippen molar-refractivity contribution in [2.75, 3.05) is 19.8 Å². The first-order valence-electron chi connectivity index (χ1n) is 7.32. The highest BCUT2D eigenvalue weighted by Gasteiger charge is 2.31. The van der Waals surface area contributed by atoms with Crippen molar-refractivity contribution < 1.29 is 42.1 Å². The van der Waals surface area contributed by atoms with Crippen molar-refractivity contribution in [2.45, 2.75) is 24.9 Å². The van der Waals surface area contributed by atoms with E-state index in [9.17, 15) is 22.8 Å². The Balaban J connectivity index is 2.08. The van der Waals surface area contributed by atoms with E-state index in [-0.39, 0.29) is 13.2 Å². The van der Waals surface area contributed by atoms with Crippen molar-refractivity contribution in [3.05, 3.63) is 29.8 Å².